The standard InChI is InChI=1S/C14H17ClN2O/c1-9-4-5-10(2)11(8-9)14-16-12(6-7-18)13(15)17(14)3/h4-5,8,18H,6-7H2,1-3H3. The molecule has 1 heterocycles. The van der Waals surface area contributed by atoms with Crippen LogP contribution in [0.15, 0.2) is 18.2 Å². The first-order valence-corrected chi connectivity index (χ1v) is 6.32. The maximum absolute atomic E-state index is 9.01. The van der Waals surface area contributed by atoms with Crippen LogP contribution in [0.25, 0.3) is 11.4 Å². The van der Waals surface area contributed by atoms with Crippen LogP contribution in [0.1, 0.15) is 16.8 Å². The summed E-state index contributed by atoms with van der Waals surface area (Å²) < 4.78 is 1.87. The maximum atomic E-state index is 9.01. The molecule has 0 fully saturated rings. The van der Waals surface area contributed by atoms with Gasteiger partial charge in [-0.15, -0.1) is 0 Å². The molecule has 0 unspecified atom stereocenters. The molecule has 0 saturated heterocycles. The van der Waals surface area contributed by atoms with Crippen molar-refractivity contribution in [2.75, 3.05) is 6.61 Å². The van der Waals surface area contributed by atoms with E-state index in [1.165, 1.54) is 11.1 Å². The average Bonchev–Trinajstić information content (AvgIpc) is 2.61. The highest BCUT2D eigenvalue weighted by Gasteiger charge is 2.15. The van der Waals surface area contributed by atoms with Gasteiger partial charge in [0, 0.05) is 25.6 Å². The van der Waals surface area contributed by atoms with Crippen molar-refractivity contribution < 1.29 is 5.11 Å². The van der Waals surface area contributed by atoms with Crippen LogP contribution in [-0.2, 0) is 13.5 Å². The minimum atomic E-state index is 0.0585. The number of rotatable bonds is 3. The van der Waals surface area contributed by atoms with E-state index in [0.717, 1.165) is 17.1 Å². The third kappa shape index (κ3) is 2.28. The van der Waals surface area contributed by atoms with Crippen molar-refractivity contribution in [2.24, 2.45) is 7.05 Å². The van der Waals surface area contributed by atoms with Gasteiger partial charge in [-0.3, -0.25) is 0 Å². The van der Waals surface area contributed by atoms with Gasteiger partial charge in [0.15, 0.2) is 0 Å². The summed E-state index contributed by atoms with van der Waals surface area (Å²) in [7, 11) is 1.90. The third-order valence-electron chi connectivity index (χ3n) is 3.07. The number of nitrogens with zero attached hydrogens (tertiary/aromatic N) is 2. The molecule has 18 heavy (non-hydrogen) atoms. The van der Waals surface area contributed by atoms with Crippen molar-refractivity contribution in [3.63, 3.8) is 0 Å². The van der Waals surface area contributed by atoms with Gasteiger partial charge >= 0.3 is 0 Å². The summed E-state index contributed by atoms with van der Waals surface area (Å²) in [6, 6.07) is 6.27. The molecular formula is C14H17ClN2O. The Kier molecular flexibility index (Phi) is 3.73. The SMILES string of the molecule is Cc1ccc(C)c(-c2nc(CCO)c(Cl)n2C)c1. The lowest BCUT2D eigenvalue weighted by Crippen LogP contribution is -1.95. The van der Waals surface area contributed by atoms with Crippen LogP contribution in [0.2, 0.25) is 5.15 Å². The summed E-state index contributed by atoms with van der Waals surface area (Å²) in [5.41, 5.74) is 4.19. The summed E-state index contributed by atoms with van der Waals surface area (Å²) >= 11 is 6.22. The average molecular weight is 265 g/mol. The third-order valence-corrected chi connectivity index (χ3v) is 3.55. The first-order chi connectivity index (χ1) is 8.54. The highest BCUT2D eigenvalue weighted by atomic mass is 35.5. The summed E-state index contributed by atoms with van der Waals surface area (Å²) in [6.45, 7) is 4.17. The number of hydrogen-bond donors (Lipinski definition) is 1. The number of aryl methyl sites for hydroxylation is 2. The van der Waals surface area contributed by atoms with Crippen molar-refractivity contribution in [3.05, 3.63) is 40.2 Å². The van der Waals surface area contributed by atoms with Crippen LogP contribution in [0.4, 0.5) is 0 Å². The van der Waals surface area contributed by atoms with Crippen LogP contribution in [0.3, 0.4) is 0 Å². The molecule has 0 radical (unpaired) electrons. The molecule has 2 aromatic rings. The molecule has 0 bridgehead atoms. The van der Waals surface area contributed by atoms with Crippen LogP contribution >= 0.6 is 11.6 Å². The fraction of sp³-hybridized carbons (Fsp3) is 0.357. The lowest BCUT2D eigenvalue weighted by atomic mass is 10.1. The Morgan fingerprint density at radius 1 is 1.33 bits per heavy atom. The second-order valence-corrected chi connectivity index (χ2v) is 4.88. The highest BCUT2D eigenvalue weighted by Crippen LogP contribution is 2.28. The second-order valence-electron chi connectivity index (χ2n) is 4.52. The first kappa shape index (κ1) is 13.1. The zero-order chi connectivity index (χ0) is 13.3. The van der Waals surface area contributed by atoms with Crippen molar-refractivity contribution >= 4 is 11.6 Å². The molecule has 0 aliphatic carbocycles. The van der Waals surface area contributed by atoms with Gasteiger partial charge in [0.05, 0.1) is 5.69 Å². The quantitative estimate of drug-likeness (QED) is 0.926. The Labute approximate surface area is 112 Å². The van der Waals surface area contributed by atoms with Crippen molar-refractivity contribution in [2.45, 2.75) is 20.3 Å². The van der Waals surface area contributed by atoms with Gasteiger partial charge in [0.25, 0.3) is 0 Å². The van der Waals surface area contributed by atoms with Crippen LogP contribution in [0, 0.1) is 13.8 Å². The zero-order valence-corrected chi connectivity index (χ0v) is 11.6. The van der Waals surface area contributed by atoms with Crippen LogP contribution in [-0.4, -0.2) is 21.3 Å². The number of hydrogen-bond acceptors (Lipinski definition) is 2. The Morgan fingerprint density at radius 2 is 2.06 bits per heavy atom. The van der Waals surface area contributed by atoms with E-state index < -0.39 is 0 Å². The molecule has 0 amide bonds. The van der Waals surface area contributed by atoms with E-state index in [-0.39, 0.29) is 6.61 Å². The minimum absolute atomic E-state index is 0.0585. The normalized spacial score (nSPS) is 10.9. The van der Waals surface area contributed by atoms with E-state index in [9.17, 15) is 0 Å². The molecule has 1 aromatic carbocycles. The smallest absolute Gasteiger partial charge is 0.141 e. The Balaban J connectivity index is 2.57. The van der Waals surface area contributed by atoms with Crippen LogP contribution in [0.5, 0.6) is 0 Å². The Morgan fingerprint density at radius 3 is 2.72 bits per heavy atom. The van der Waals surface area contributed by atoms with Gasteiger partial charge < -0.3 is 9.67 Å². The van der Waals surface area contributed by atoms with E-state index in [0.29, 0.717) is 11.6 Å². The van der Waals surface area contributed by atoms with Gasteiger partial charge in [-0.25, -0.2) is 4.98 Å². The molecule has 0 spiro atoms. The number of imidazole rings is 1. The number of aliphatic hydroxyl groups excluding tert-OH is 1. The molecular weight excluding hydrogens is 248 g/mol. The number of benzene rings is 1. The monoisotopic (exact) mass is 264 g/mol. The van der Waals surface area contributed by atoms with Crippen LogP contribution < -0.4 is 0 Å². The molecule has 0 atom stereocenters. The molecule has 3 nitrogen and oxygen atoms in total. The van der Waals surface area contributed by atoms with Gasteiger partial charge in [0.1, 0.15) is 11.0 Å². The van der Waals surface area contributed by atoms with Gasteiger partial charge in [-0.05, 0) is 25.5 Å². The largest absolute Gasteiger partial charge is 0.396 e. The molecule has 1 N–H and O–H groups in total. The highest BCUT2D eigenvalue weighted by molar-refractivity contribution is 6.30. The molecule has 0 aliphatic heterocycles. The zero-order valence-electron chi connectivity index (χ0n) is 10.9. The lowest BCUT2D eigenvalue weighted by Gasteiger charge is -2.07. The van der Waals surface area contributed by atoms with Gasteiger partial charge in [-0.1, -0.05) is 29.3 Å². The molecule has 4 heteroatoms. The number of aliphatic hydroxyl groups is 1. The van der Waals surface area contributed by atoms with Gasteiger partial charge in [-0.2, -0.15) is 0 Å². The van der Waals surface area contributed by atoms with E-state index in [2.05, 4.69) is 37.0 Å². The molecule has 2 rings (SSSR count). The lowest BCUT2D eigenvalue weighted by molar-refractivity contribution is 0.298. The van der Waals surface area contributed by atoms with Crippen molar-refractivity contribution in [3.8, 4) is 11.4 Å². The second kappa shape index (κ2) is 5.12. The van der Waals surface area contributed by atoms with Crippen molar-refractivity contribution in [1.82, 2.24) is 9.55 Å². The minimum Gasteiger partial charge on any atom is -0.396 e. The maximum Gasteiger partial charge on any atom is 0.141 e. The summed E-state index contributed by atoms with van der Waals surface area (Å²) in [5, 5.41) is 9.60. The van der Waals surface area contributed by atoms with Crippen molar-refractivity contribution in [1.29, 1.82) is 0 Å². The fourth-order valence-electron chi connectivity index (χ4n) is 2.02. The first-order valence-electron chi connectivity index (χ1n) is 5.94. The number of halogens is 1. The molecule has 1 aromatic heterocycles. The molecule has 0 aliphatic rings. The predicted molar refractivity (Wildman–Crippen MR) is 73.9 cm³/mol. The Bertz CT molecular complexity index is 575. The van der Waals surface area contributed by atoms with E-state index in [4.69, 9.17) is 16.7 Å². The summed E-state index contributed by atoms with van der Waals surface area (Å²) in [5.74, 6) is 0.852. The van der Waals surface area contributed by atoms with E-state index in [1.54, 1.807) is 0 Å². The topological polar surface area (TPSA) is 38.1 Å². The van der Waals surface area contributed by atoms with E-state index in [1.807, 2.05) is 11.6 Å². The van der Waals surface area contributed by atoms with Gasteiger partial charge in [0.2, 0.25) is 0 Å². The molecule has 0 saturated carbocycles. The fourth-order valence-corrected chi connectivity index (χ4v) is 2.23. The summed E-state index contributed by atoms with van der Waals surface area (Å²) in [6.07, 6.45) is 0.484. The molecule has 96 valence electrons. The summed E-state index contributed by atoms with van der Waals surface area (Å²) in [4.78, 5) is 4.54. The number of aromatic nitrogens is 2. The van der Waals surface area contributed by atoms with E-state index >= 15 is 0 Å². The predicted octanol–water partition coefficient (Wildman–Crippen LogP) is 2.89. The Hall–Kier alpha value is -1.32.